The zero-order valence-electron chi connectivity index (χ0n) is 11.6. The van der Waals surface area contributed by atoms with Gasteiger partial charge in [0.05, 0.1) is 19.3 Å². The van der Waals surface area contributed by atoms with Crippen LogP contribution in [0.1, 0.15) is 38.8 Å². The van der Waals surface area contributed by atoms with Gasteiger partial charge in [-0.05, 0) is 26.8 Å². The molecular weight excluding hydrogens is 230 g/mol. The van der Waals surface area contributed by atoms with Gasteiger partial charge in [0.15, 0.2) is 0 Å². The molecule has 0 fully saturated rings. The van der Waals surface area contributed by atoms with Crippen LogP contribution in [0.15, 0.2) is 18.2 Å². The molecule has 4 nitrogen and oxygen atoms in total. The molecule has 1 rings (SSSR count). The Hall–Kier alpha value is -1.26. The summed E-state index contributed by atoms with van der Waals surface area (Å²) in [6.07, 6.45) is 0.558. The van der Waals surface area contributed by atoms with E-state index in [1.54, 1.807) is 21.0 Å². The van der Waals surface area contributed by atoms with Crippen LogP contribution < -0.4 is 15.2 Å². The minimum atomic E-state index is -0.729. The highest BCUT2D eigenvalue weighted by Gasteiger charge is 2.14. The molecule has 0 heterocycles. The van der Waals surface area contributed by atoms with Crippen molar-refractivity contribution in [1.29, 1.82) is 0 Å². The highest BCUT2D eigenvalue weighted by Crippen LogP contribution is 2.29. The quantitative estimate of drug-likeness (QED) is 0.816. The Bertz CT molecular complexity index is 383. The maximum atomic E-state index is 9.65. The molecule has 0 saturated heterocycles. The number of benzene rings is 1. The summed E-state index contributed by atoms with van der Waals surface area (Å²) in [6.45, 7) is 5.86. The van der Waals surface area contributed by atoms with Crippen molar-refractivity contribution in [3.63, 3.8) is 0 Å². The Morgan fingerprint density at radius 2 is 2.06 bits per heavy atom. The molecule has 0 bridgehead atoms. The molecule has 1 aromatic rings. The van der Waals surface area contributed by atoms with Crippen LogP contribution in [0.2, 0.25) is 0 Å². The topological polar surface area (TPSA) is 64.7 Å². The standard InChI is InChI=1S/C14H23NO3/c1-10(15)12-6-5-11(17-4)9-13(12)18-8-7-14(2,3)16/h5-6,9-10,16H,7-8,15H2,1-4H3. The smallest absolute Gasteiger partial charge is 0.127 e. The molecule has 18 heavy (non-hydrogen) atoms. The van der Waals surface area contributed by atoms with Gasteiger partial charge < -0.3 is 20.3 Å². The summed E-state index contributed by atoms with van der Waals surface area (Å²) in [5.74, 6) is 1.45. The Kier molecular flexibility index (Phi) is 4.99. The number of rotatable bonds is 6. The maximum absolute atomic E-state index is 9.65. The minimum absolute atomic E-state index is 0.104. The number of hydrogen-bond donors (Lipinski definition) is 2. The van der Waals surface area contributed by atoms with Crippen molar-refractivity contribution >= 4 is 0 Å². The summed E-state index contributed by atoms with van der Waals surface area (Å²) in [7, 11) is 1.61. The van der Waals surface area contributed by atoms with Crippen LogP contribution in [0, 0.1) is 0 Å². The van der Waals surface area contributed by atoms with Crippen molar-refractivity contribution in [1.82, 2.24) is 0 Å². The van der Waals surface area contributed by atoms with E-state index in [-0.39, 0.29) is 6.04 Å². The summed E-state index contributed by atoms with van der Waals surface area (Å²) >= 11 is 0. The Morgan fingerprint density at radius 1 is 1.39 bits per heavy atom. The molecule has 0 spiro atoms. The van der Waals surface area contributed by atoms with E-state index in [0.717, 1.165) is 11.3 Å². The van der Waals surface area contributed by atoms with Crippen LogP contribution in [-0.4, -0.2) is 24.4 Å². The highest BCUT2D eigenvalue weighted by atomic mass is 16.5. The lowest BCUT2D eigenvalue weighted by Crippen LogP contribution is -2.22. The highest BCUT2D eigenvalue weighted by molar-refractivity contribution is 5.42. The predicted molar refractivity (Wildman–Crippen MR) is 72.0 cm³/mol. The second-order valence-corrected chi connectivity index (χ2v) is 5.10. The lowest BCUT2D eigenvalue weighted by Gasteiger charge is -2.19. The molecule has 0 amide bonds. The Morgan fingerprint density at radius 3 is 2.56 bits per heavy atom. The van der Waals surface area contributed by atoms with E-state index in [9.17, 15) is 5.11 Å². The average Bonchev–Trinajstić information content (AvgIpc) is 2.26. The van der Waals surface area contributed by atoms with Gasteiger partial charge in [-0.15, -0.1) is 0 Å². The molecule has 0 aliphatic heterocycles. The molecule has 0 aromatic heterocycles. The lowest BCUT2D eigenvalue weighted by molar-refractivity contribution is 0.0551. The predicted octanol–water partition coefficient (Wildman–Crippen LogP) is 2.25. The molecule has 4 heteroatoms. The third-order valence-electron chi connectivity index (χ3n) is 2.68. The molecule has 1 atom stereocenters. The van der Waals surface area contributed by atoms with Gasteiger partial charge in [-0.2, -0.15) is 0 Å². The maximum Gasteiger partial charge on any atom is 0.127 e. The fourth-order valence-corrected chi connectivity index (χ4v) is 1.55. The molecule has 0 aliphatic carbocycles. The van der Waals surface area contributed by atoms with Crippen molar-refractivity contribution < 1.29 is 14.6 Å². The number of methoxy groups -OCH3 is 1. The molecule has 1 unspecified atom stereocenters. The van der Waals surface area contributed by atoms with Crippen LogP contribution in [0.5, 0.6) is 11.5 Å². The van der Waals surface area contributed by atoms with Crippen molar-refractivity contribution in [3.8, 4) is 11.5 Å². The van der Waals surface area contributed by atoms with Gasteiger partial charge in [0.25, 0.3) is 0 Å². The molecule has 1 aromatic carbocycles. The van der Waals surface area contributed by atoms with Crippen LogP contribution in [-0.2, 0) is 0 Å². The fraction of sp³-hybridized carbons (Fsp3) is 0.571. The lowest BCUT2D eigenvalue weighted by atomic mass is 10.1. The van der Waals surface area contributed by atoms with E-state index in [2.05, 4.69) is 0 Å². The van der Waals surface area contributed by atoms with Crippen LogP contribution >= 0.6 is 0 Å². The van der Waals surface area contributed by atoms with Gasteiger partial charge in [-0.25, -0.2) is 0 Å². The first-order chi connectivity index (χ1) is 8.33. The van der Waals surface area contributed by atoms with Gasteiger partial charge >= 0.3 is 0 Å². The summed E-state index contributed by atoms with van der Waals surface area (Å²) in [5.41, 5.74) is 6.10. The third-order valence-corrected chi connectivity index (χ3v) is 2.68. The summed E-state index contributed by atoms with van der Waals surface area (Å²) in [5, 5.41) is 9.65. The molecule has 0 aliphatic rings. The molecule has 0 radical (unpaired) electrons. The number of hydrogen-bond acceptors (Lipinski definition) is 4. The zero-order valence-corrected chi connectivity index (χ0v) is 11.6. The first kappa shape index (κ1) is 14.8. The first-order valence-electron chi connectivity index (χ1n) is 6.12. The van der Waals surface area contributed by atoms with Crippen molar-refractivity contribution in [2.45, 2.75) is 38.8 Å². The second kappa shape index (κ2) is 6.07. The SMILES string of the molecule is COc1ccc(C(C)N)c(OCCC(C)(C)O)c1. The van der Waals surface area contributed by atoms with Crippen LogP contribution in [0.4, 0.5) is 0 Å². The Balaban J connectivity index is 2.78. The zero-order chi connectivity index (χ0) is 13.8. The van der Waals surface area contributed by atoms with E-state index in [1.165, 1.54) is 0 Å². The summed E-state index contributed by atoms with van der Waals surface area (Å²) in [6, 6.07) is 5.49. The minimum Gasteiger partial charge on any atom is -0.497 e. The monoisotopic (exact) mass is 253 g/mol. The van der Waals surface area contributed by atoms with Crippen molar-refractivity contribution in [3.05, 3.63) is 23.8 Å². The molecular formula is C14H23NO3. The number of aliphatic hydroxyl groups is 1. The normalized spacial score (nSPS) is 13.2. The fourth-order valence-electron chi connectivity index (χ4n) is 1.55. The van der Waals surface area contributed by atoms with Crippen LogP contribution in [0.25, 0.3) is 0 Å². The average molecular weight is 253 g/mol. The van der Waals surface area contributed by atoms with E-state index >= 15 is 0 Å². The van der Waals surface area contributed by atoms with Crippen LogP contribution in [0.3, 0.4) is 0 Å². The van der Waals surface area contributed by atoms with Gasteiger partial charge in [0.1, 0.15) is 11.5 Å². The molecule has 102 valence electrons. The van der Waals surface area contributed by atoms with Gasteiger partial charge in [0, 0.05) is 24.1 Å². The largest absolute Gasteiger partial charge is 0.497 e. The number of ether oxygens (including phenoxy) is 2. The van der Waals surface area contributed by atoms with Gasteiger partial charge in [-0.1, -0.05) is 6.07 Å². The Labute approximate surface area is 109 Å². The third kappa shape index (κ3) is 4.55. The van der Waals surface area contributed by atoms with E-state index < -0.39 is 5.60 Å². The van der Waals surface area contributed by atoms with E-state index in [4.69, 9.17) is 15.2 Å². The van der Waals surface area contributed by atoms with Crippen molar-refractivity contribution in [2.75, 3.05) is 13.7 Å². The molecule has 0 saturated carbocycles. The van der Waals surface area contributed by atoms with Crippen molar-refractivity contribution in [2.24, 2.45) is 5.73 Å². The summed E-state index contributed by atoms with van der Waals surface area (Å²) < 4.78 is 10.9. The first-order valence-corrected chi connectivity index (χ1v) is 6.12. The van der Waals surface area contributed by atoms with E-state index in [0.29, 0.717) is 18.8 Å². The summed E-state index contributed by atoms with van der Waals surface area (Å²) in [4.78, 5) is 0. The van der Waals surface area contributed by atoms with E-state index in [1.807, 2.05) is 25.1 Å². The number of nitrogens with two attached hydrogens (primary N) is 1. The van der Waals surface area contributed by atoms with Gasteiger partial charge in [-0.3, -0.25) is 0 Å². The van der Waals surface area contributed by atoms with Gasteiger partial charge in [0.2, 0.25) is 0 Å². The second-order valence-electron chi connectivity index (χ2n) is 5.10. The molecule has 3 N–H and O–H groups in total.